The number of halogens is 1. The lowest BCUT2D eigenvalue weighted by atomic mass is 10.1. The highest BCUT2D eigenvalue weighted by molar-refractivity contribution is 9.10. The number of aliphatic hydroxyl groups excluding tert-OH is 1. The van der Waals surface area contributed by atoms with Crippen molar-refractivity contribution >= 4 is 21.8 Å². The number of hydrogen-bond acceptors (Lipinski definition) is 3. The standard InChI is InChI=1S/C12H16BrNO3/c1-8-5-9(13)3-4-11(8)12(16)14-10(6-15)7-17-2/h3-5,10,15H,6-7H2,1-2H3,(H,14,16). The van der Waals surface area contributed by atoms with Crippen LogP contribution in [-0.2, 0) is 4.74 Å². The lowest BCUT2D eigenvalue weighted by Gasteiger charge is -2.16. The molecule has 0 heterocycles. The van der Waals surface area contributed by atoms with Gasteiger partial charge in [0.05, 0.1) is 19.3 Å². The number of ether oxygens (including phenoxy) is 1. The SMILES string of the molecule is COCC(CO)NC(=O)c1ccc(Br)cc1C. The summed E-state index contributed by atoms with van der Waals surface area (Å²) in [5.74, 6) is -0.203. The van der Waals surface area contributed by atoms with Crippen molar-refractivity contribution in [2.75, 3.05) is 20.3 Å². The van der Waals surface area contributed by atoms with Gasteiger partial charge in [0.1, 0.15) is 0 Å². The molecule has 17 heavy (non-hydrogen) atoms. The zero-order valence-corrected chi connectivity index (χ0v) is 11.5. The number of aliphatic hydroxyl groups is 1. The molecule has 1 aromatic rings. The van der Waals surface area contributed by atoms with Gasteiger partial charge in [-0.25, -0.2) is 0 Å². The average molecular weight is 302 g/mol. The average Bonchev–Trinajstić information content (AvgIpc) is 2.28. The molecule has 1 unspecified atom stereocenters. The van der Waals surface area contributed by atoms with Gasteiger partial charge < -0.3 is 15.2 Å². The topological polar surface area (TPSA) is 58.6 Å². The van der Waals surface area contributed by atoms with Crippen molar-refractivity contribution in [3.05, 3.63) is 33.8 Å². The Hall–Kier alpha value is -0.910. The Labute approximate surface area is 109 Å². The molecule has 0 spiro atoms. The maximum Gasteiger partial charge on any atom is 0.251 e. The third-order valence-corrected chi connectivity index (χ3v) is 2.85. The third kappa shape index (κ3) is 4.11. The van der Waals surface area contributed by atoms with Crippen molar-refractivity contribution < 1.29 is 14.6 Å². The largest absolute Gasteiger partial charge is 0.394 e. The first-order valence-electron chi connectivity index (χ1n) is 5.25. The van der Waals surface area contributed by atoms with Crippen molar-refractivity contribution in [1.82, 2.24) is 5.32 Å². The molecule has 94 valence electrons. The molecule has 1 aromatic carbocycles. The second-order valence-corrected chi connectivity index (χ2v) is 4.68. The van der Waals surface area contributed by atoms with Crippen molar-refractivity contribution in [3.63, 3.8) is 0 Å². The fourth-order valence-electron chi connectivity index (χ4n) is 1.49. The van der Waals surface area contributed by atoms with Gasteiger partial charge in [-0.2, -0.15) is 0 Å². The Morgan fingerprint density at radius 3 is 2.82 bits per heavy atom. The summed E-state index contributed by atoms with van der Waals surface area (Å²) in [6.45, 7) is 2.01. The molecular formula is C12H16BrNO3. The molecule has 0 aliphatic heterocycles. The number of carbonyl (C=O) groups is 1. The summed E-state index contributed by atoms with van der Waals surface area (Å²) in [7, 11) is 1.53. The van der Waals surface area contributed by atoms with E-state index in [0.717, 1.165) is 10.0 Å². The van der Waals surface area contributed by atoms with E-state index >= 15 is 0 Å². The summed E-state index contributed by atoms with van der Waals surface area (Å²) in [5.41, 5.74) is 1.48. The zero-order chi connectivity index (χ0) is 12.8. The van der Waals surface area contributed by atoms with E-state index in [-0.39, 0.29) is 25.2 Å². The Kier molecular flexibility index (Phi) is 5.61. The quantitative estimate of drug-likeness (QED) is 0.866. The van der Waals surface area contributed by atoms with E-state index in [1.54, 1.807) is 6.07 Å². The Morgan fingerprint density at radius 1 is 1.59 bits per heavy atom. The predicted molar refractivity (Wildman–Crippen MR) is 69.1 cm³/mol. The van der Waals surface area contributed by atoms with E-state index in [9.17, 15) is 4.79 Å². The molecule has 0 saturated heterocycles. The summed E-state index contributed by atoms with van der Waals surface area (Å²) in [6.07, 6.45) is 0. The van der Waals surface area contributed by atoms with Gasteiger partial charge in [-0.15, -0.1) is 0 Å². The maximum absolute atomic E-state index is 11.9. The van der Waals surface area contributed by atoms with E-state index in [1.165, 1.54) is 7.11 Å². The van der Waals surface area contributed by atoms with Gasteiger partial charge in [-0.1, -0.05) is 15.9 Å². The molecule has 0 aliphatic rings. The number of rotatable bonds is 5. The number of nitrogens with one attached hydrogen (secondary N) is 1. The maximum atomic E-state index is 11.9. The normalized spacial score (nSPS) is 12.2. The van der Waals surface area contributed by atoms with Crippen LogP contribution in [0, 0.1) is 6.92 Å². The van der Waals surface area contributed by atoms with E-state index in [1.807, 2.05) is 19.1 Å². The molecule has 1 rings (SSSR count). The van der Waals surface area contributed by atoms with Crippen LogP contribution in [0.1, 0.15) is 15.9 Å². The summed E-state index contributed by atoms with van der Waals surface area (Å²) in [5, 5.41) is 11.8. The van der Waals surface area contributed by atoms with Crippen LogP contribution in [0.5, 0.6) is 0 Å². The van der Waals surface area contributed by atoms with Crippen LogP contribution in [0.25, 0.3) is 0 Å². The molecule has 0 bridgehead atoms. The molecular weight excluding hydrogens is 286 g/mol. The monoisotopic (exact) mass is 301 g/mol. The Morgan fingerprint density at radius 2 is 2.29 bits per heavy atom. The molecule has 0 fully saturated rings. The molecule has 0 aliphatic carbocycles. The van der Waals surface area contributed by atoms with Crippen LogP contribution in [0.4, 0.5) is 0 Å². The molecule has 5 heteroatoms. The molecule has 1 atom stereocenters. The number of amides is 1. The summed E-state index contributed by atoms with van der Waals surface area (Å²) >= 11 is 3.34. The molecule has 0 aromatic heterocycles. The Balaban J connectivity index is 2.75. The third-order valence-electron chi connectivity index (χ3n) is 2.36. The van der Waals surface area contributed by atoms with Gasteiger partial charge in [0.2, 0.25) is 0 Å². The second kappa shape index (κ2) is 6.74. The van der Waals surface area contributed by atoms with E-state index in [4.69, 9.17) is 9.84 Å². The minimum absolute atomic E-state index is 0.144. The first kappa shape index (κ1) is 14.2. The van der Waals surface area contributed by atoms with Crippen LogP contribution in [0.2, 0.25) is 0 Å². The highest BCUT2D eigenvalue weighted by atomic mass is 79.9. The lowest BCUT2D eigenvalue weighted by Crippen LogP contribution is -2.40. The van der Waals surface area contributed by atoms with Crippen LogP contribution < -0.4 is 5.32 Å². The molecule has 4 nitrogen and oxygen atoms in total. The van der Waals surface area contributed by atoms with Gasteiger partial charge in [0.15, 0.2) is 0 Å². The zero-order valence-electron chi connectivity index (χ0n) is 9.87. The van der Waals surface area contributed by atoms with Gasteiger partial charge in [-0.05, 0) is 30.7 Å². The summed E-state index contributed by atoms with van der Waals surface area (Å²) in [6, 6.07) is 5.05. The molecule has 2 N–H and O–H groups in total. The number of aryl methyl sites for hydroxylation is 1. The van der Waals surface area contributed by atoms with Crippen molar-refractivity contribution in [2.45, 2.75) is 13.0 Å². The second-order valence-electron chi connectivity index (χ2n) is 3.77. The minimum Gasteiger partial charge on any atom is -0.394 e. The van der Waals surface area contributed by atoms with Gasteiger partial charge >= 0.3 is 0 Å². The van der Waals surface area contributed by atoms with E-state index < -0.39 is 0 Å². The molecule has 0 saturated carbocycles. The van der Waals surface area contributed by atoms with Crippen molar-refractivity contribution in [1.29, 1.82) is 0 Å². The minimum atomic E-state index is -0.379. The number of carbonyl (C=O) groups excluding carboxylic acids is 1. The Bertz CT molecular complexity index is 395. The van der Waals surface area contributed by atoms with E-state index in [2.05, 4.69) is 21.2 Å². The van der Waals surface area contributed by atoms with Crippen LogP contribution >= 0.6 is 15.9 Å². The summed E-state index contributed by atoms with van der Waals surface area (Å²) in [4.78, 5) is 11.9. The highest BCUT2D eigenvalue weighted by Crippen LogP contribution is 2.15. The fraction of sp³-hybridized carbons (Fsp3) is 0.417. The fourth-order valence-corrected chi connectivity index (χ4v) is 1.96. The van der Waals surface area contributed by atoms with Crippen LogP contribution in [-0.4, -0.2) is 37.4 Å². The van der Waals surface area contributed by atoms with E-state index in [0.29, 0.717) is 5.56 Å². The predicted octanol–water partition coefficient (Wildman–Crippen LogP) is 1.49. The molecule has 1 amide bonds. The van der Waals surface area contributed by atoms with Crippen LogP contribution in [0.3, 0.4) is 0 Å². The smallest absolute Gasteiger partial charge is 0.251 e. The lowest BCUT2D eigenvalue weighted by molar-refractivity contribution is 0.0839. The van der Waals surface area contributed by atoms with Crippen molar-refractivity contribution in [2.24, 2.45) is 0 Å². The summed E-state index contributed by atoms with van der Waals surface area (Å²) < 4.78 is 5.83. The van der Waals surface area contributed by atoms with Crippen LogP contribution in [0.15, 0.2) is 22.7 Å². The number of methoxy groups -OCH3 is 1. The number of hydrogen-bond donors (Lipinski definition) is 2. The molecule has 0 radical (unpaired) electrons. The number of benzene rings is 1. The van der Waals surface area contributed by atoms with Gasteiger partial charge in [-0.3, -0.25) is 4.79 Å². The van der Waals surface area contributed by atoms with Gasteiger partial charge in [0, 0.05) is 17.1 Å². The first-order valence-corrected chi connectivity index (χ1v) is 6.04. The first-order chi connectivity index (χ1) is 8.08. The van der Waals surface area contributed by atoms with Crippen molar-refractivity contribution in [3.8, 4) is 0 Å². The highest BCUT2D eigenvalue weighted by Gasteiger charge is 2.14. The van der Waals surface area contributed by atoms with Gasteiger partial charge in [0.25, 0.3) is 5.91 Å².